The Morgan fingerprint density at radius 1 is 1.45 bits per heavy atom. The first-order chi connectivity index (χ1) is 9.37. The van der Waals surface area contributed by atoms with Crippen molar-refractivity contribution in [1.29, 1.82) is 0 Å². The Labute approximate surface area is 121 Å². The number of rotatable bonds is 4. The van der Waals surface area contributed by atoms with E-state index in [4.69, 9.17) is 5.73 Å². The molecule has 0 amide bonds. The van der Waals surface area contributed by atoms with Gasteiger partial charge in [0.2, 0.25) is 0 Å². The number of aromatic nitrogens is 1. The Balaban J connectivity index is 2.01. The maximum Gasteiger partial charge on any atom is 0.391 e. The van der Waals surface area contributed by atoms with Gasteiger partial charge in [-0.1, -0.05) is 0 Å². The van der Waals surface area contributed by atoms with Crippen LogP contribution >= 0.6 is 11.3 Å². The molecule has 7 heteroatoms. The van der Waals surface area contributed by atoms with Crippen LogP contribution in [-0.2, 0) is 6.54 Å². The summed E-state index contributed by atoms with van der Waals surface area (Å²) < 4.78 is 38.2. The van der Waals surface area contributed by atoms with Crippen LogP contribution in [0.15, 0.2) is 10.9 Å². The maximum atomic E-state index is 12.7. The van der Waals surface area contributed by atoms with Crippen LogP contribution in [0.3, 0.4) is 0 Å². The van der Waals surface area contributed by atoms with Crippen LogP contribution in [0.5, 0.6) is 0 Å². The summed E-state index contributed by atoms with van der Waals surface area (Å²) in [5.74, 6) is -1.17. The molecule has 0 saturated heterocycles. The van der Waals surface area contributed by atoms with Gasteiger partial charge in [0.15, 0.2) is 0 Å². The lowest BCUT2D eigenvalue weighted by Gasteiger charge is -2.46. The van der Waals surface area contributed by atoms with Crippen molar-refractivity contribution in [3.05, 3.63) is 16.6 Å². The molecule has 0 bridgehead atoms. The number of nitrogens with two attached hydrogens (primary N) is 1. The van der Waals surface area contributed by atoms with E-state index in [2.05, 4.69) is 9.88 Å². The molecule has 1 heterocycles. The predicted molar refractivity (Wildman–Crippen MR) is 73.4 cm³/mol. The topological polar surface area (TPSA) is 42.2 Å². The Hall–Kier alpha value is -0.660. The third-order valence-corrected chi connectivity index (χ3v) is 5.09. The first-order valence-electron chi connectivity index (χ1n) is 6.72. The maximum absolute atomic E-state index is 12.7. The molecule has 1 aromatic rings. The summed E-state index contributed by atoms with van der Waals surface area (Å²) in [4.78, 5) is 6.30. The van der Waals surface area contributed by atoms with Crippen molar-refractivity contribution >= 4 is 11.3 Å². The molecule has 1 aliphatic carbocycles. The van der Waals surface area contributed by atoms with Crippen molar-refractivity contribution < 1.29 is 13.2 Å². The van der Waals surface area contributed by atoms with Gasteiger partial charge in [-0.25, -0.2) is 4.98 Å². The summed E-state index contributed by atoms with van der Waals surface area (Å²) in [5.41, 5.74) is 8.26. The highest BCUT2D eigenvalue weighted by molar-refractivity contribution is 7.07. The van der Waals surface area contributed by atoms with Gasteiger partial charge in [-0.3, -0.25) is 4.90 Å². The predicted octanol–water partition coefficient (Wildman–Crippen LogP) is 3.02. The number of alkyl halides is 3. The molecule has 0 aliphatic heterocycles. The van der Waals surface area contributed by atoms with Crippen LogP contribution in [-0.4, -0.2) is 35.2 Å². The number of thiazole rings is 1. The van der Waals surface area contributed by atoms with Crippen LogP contribution in [0.2, 0.25) is 0 Å². The summed E-state index contributed by atoms with van der Waals surface area (Å²) in [6, 6.07) is 0. The van der Waals surface area contributed by atoms with Gasteiger partial charge >= 0.3 is 6.18 Å². The average Bonchev–Trinajstić information content (AvgIpc) is 2.90. The summed E-state index contributed by atoms with van der Waals surface area (Å²) in [7, 11) is 1.93. The highest BCUT2D eigenvalue weighted by atomic mass is 32.1. The first kappa shape index (κ1) is 15.7. The molecule has 1 aliphatic rings. The van der Waals surface area contributed by atoms with Gasteiger partial charge in [-0.2, -0.15) is 13.2 Å². The van der Waals surface area contributed by atoms with Crippen molar-refractivity contribution in [3.8, 4) is 0 Å². The SMILES string of the molecule is CN(Cc1cscn1)C1(CN)CCC(C(F)(F)F)CC1. The van der Waals surface area contributed by atoms with Gasteiger partial charge in [0.25, 0.3) is 0 Å². The van der Waals surface area contributed by atoms with Gasteiger partial charge in [-0.15, -0.1) is 11.3 Å². The molecule has 1 aromatic heterocycles. The normalized spacial score (nSPS) is 28.0. The van der Waals surface area contributed by atoms with Crippen molar-refractivity contribution in [1.82, 2.24) is 9.88 Å². The van der Waals surface area contributed by atoms with Crippen LogP contribution in [0, 0.1) is 5.92 Å². The quantitative estimate of drug-likeness (QED) is 0.930. The van der Waals surface area contributed by atoms with Gasteiger partial charge < -0.3 is 5.73 Å². The van der Waals surface area contributed by atoms with E-state index in [-0.39, 0.29) is 18.4 Å². The largest absolute Gasteiger partial charge is 0.391 e. The van der Waals surface area contributed by atoms with Crippen LogP contribution < -0.4 is 5.73 Å². The fraction of sp³-hybridized carbons (Fsp3) is 0.769. The fourth-order valence-electron chi connectivity index (χ4n) is 2.95. The number of likely N-dealkylation sites (N-methyl/N-ethyl adjacent to an activating group) is 1. The average molecular weight is 307 g/mol. The molecular weight excluding hydrogens is 287 g/mol. The van der Waals surface area contributed by atoms with E-state index >= 15 is 0 Å². The van der Waals surface area contributed by atoms with Gasteiger partial charge in [0, 0.05) is 24.0 Å². The van der Waals surface area contributed by atoms with E-state index in [9.17, 15) is 13.2 Å². The smallest absolute Gasteiger partial charge is 0.329 e. The molecule has 20 heavy (non-hydrogen) atoms. The second-order valence-electron chi connectivity index (χ2n) is 5.58. The third-order valence-electron chi connectivity index (χ3n) is 4.45. The summed E-state index contributed by atoms with van der Waals surface area (Å²) in [6.07, 6.45) is -2.75. The van der Waals surface area contributed by atoms with Gasteiger partial charge in [-0.05, 0) is 32.7 Å². The summed E-state index contributed by atoms with van der Waals surface area (Å²) >= 11 is 1.52. The molecule has 2 N–H and O–H groups in total. The van der Waals surface area contributed by atoms with Crippen molar-refractivity contribution in [2.75, 3.05) is 13.6 Å². The Morgan fingerprint density at radius 2 is 2.10 bits per heavy atom. The molecule has 0 atom stereocenters. The van der Waals surface area contributed by atoms with E-state index in [1.807, 2.05) is 12.4 Å². The molecule has 0 aromatic carbocycles. The Kier molecular flexibility index (Phi) is 4.71. The molecule has 3 nitrogen and oxygen atoms in total. The zero-order valence-corrected chi connectivity index (χ0v) is 12.3. The first-order valence-corrected chi connectivity index (χ1v) is 7.67. The van der Waals surface area contributed by atoms with Crippen LogP contribution in [0.4, 0.5) is 13.2 Å². The number of halogens is 3. The number of nitrogens with zero attached hydrogens (tertiary/aromatic N) is 2. The lowest BCUT2D eigenvalue weighted by atomic mass is 9.75. The molecule has 0 unspecified atom stereocenters. The minimum Gasteiger partial charge on any atom is -0.329 e. The van der Waals surface area contributed by atoms with Crippen LogP contribution in [0.1, 0.15) is 31.4 Å². The zero-order valence-electron chi connectivity index (χ0n) is 11.5. The molecular formula is C13H20F3N3S. The molecule has 1 saturated carbocycles. The highest BCUT2D eigenvalue weighted by Gasteiger charge is 2.46. The Bertz CT molecular complexity index is 411. The van der Waals surface area contributed by atoms with Crippen LogP contribution in [0.25, 0.3) is 0 Å². The minimum atomic E-state index is -4.08. The molecule has 1 fully saturated rings. The summed E-state index contributed by atoms with van der Waals surface area (Å²) in [5, 5.41) is 1.96. The zero-order chi connectivity index (χ0) is 14.8. The lowest BCUT2D eigenvalue weighted by molar-refractivity contribution is -0.188. The van der Waals surface area contributed by atoms with Crippen molar-refractivity contribution in [3.63, 3.8) is 0 Å². The molecule has 114 valence electrons. The van der Waals surface area contributed by atoms with E-state index in [0.29, 0.717) is 25.9 Å². The second-order valence-corrected chi connectivity index (χ2v) is 6.30. The van der Waals surface area contributed by atoms with Crippen molar-refractivity contribution in [2.45, 2.75) is 43.9 Å². The standard InChI is InChI=1S/C13H20F3N3S/c1-19(6-11-7-20-9-18-11)12(8-17)4-2-10(3-5-12)13(14,15)16/h7,9-10H,2-6,8,17H2,1H3. The van der Waals surface area contributed by atoms with E-state index in [1.165, 1.54) is 11.3 Å². The van der Waals surface area contributed by atoms with Crippen molar-refractivity contribution in [2.24, 2.45) is 11.7 Å². The van der Waals surface area contributed by atoms with Gasteiger partial charge in [0.1, 0.15) is 0 Å². The molecule has 0 spiro atoms. The minimum absolute atomic E-state index is 0.169. The fourth-order valence-corrected chi connectivity index (χ4v) is 3.50. The van der Waals surface area contributed by atoms with E-state index in [0.717, 1.165) is 5.69 Å². The number of hydrogen-bond acceptors (Lipinski definition) is 4. The second kappa shape index (κ2) is 5.99. The molecule has 0 radical (unpaired) electrons. The third kappa shape index (κ3) is 3.32. The highest BCUT2D eigenvalue weighted by Crippen LogP contribution is 2.43. The van der Waals surface area contributed by atoms with Gasteiger partial charge in [0.05, 0.1) is 17.1 Å². The molecule has 2 rings (SSSR count). The summed E-state index contributed by atoms with van der Waals surface area (Å²) in [6.45, 7) is 1.02. The van der Waals surface area contributed by atoms with E-state index in [1.54, 1.807) is 5.51 Å². The monoisotopic (exact) mass is 307 g/mol. The lowest BCUT2D eigenvalue weighted by Crippen LogP contribution is -2.54. The Morgan fingerprint density at radius 3 is 2.55 bits per heavy atom. The van der Waals surface area contributed by atoms with E-state index < -0.39 is 12.1 Å². The number of hydrogen-bond donors (Lipinski definition) is 1.